The van der Waals surface area contributed by atoms with E-state index in [1.54, 1.807) is 44.2 Å². The number of hydrogen-bond donors (Lipinski definition) is 3. The van der Waals surface area contributed by atoms with Crippen LogP contribution < -0.4 is 20.1 Å². The van der Waals surface area contributed by atoms with Crippen molar-refractivity contribution < 1.29 is 38.6 Å². The van der Waals surface area contributed by atoms with Crippen molar-refractivity contribution in [2.45, 2.75) is 52.1 Å². The van der Waals surface area contributed by atoms with E-state index in [9.17, 15) is 29.1 Å². The third-order valence-corrected chi connectivity index (χ3v) is 6.94. The van der Waals surface area contributed by atoms with E-state index in [1.165, 1.54) is 14.0 Å². The summed E-state index contributed by atoms with van der Waals surface area (Å²) in [6.07, 6.45) is -0.0906. The number of ketones is 2. The zero-order valence-corrected chi connectivity index (χ0v) is 25.3. The lowest BCUT2D eigenvalue weighted by atomic mass is 10.0. The van der Waals surface area contributed by atoms with Gasteiger partial charge in [-0.05, 0) is 60.7 Å². The van der Waals surface area contributed by atoms with Crippen LogP contribution in [0.4, 0.5) is 0 Å². The summed E-state index contributed by atoms with van der Waals surface area (Å²) < 4.78 is 10.9. The third kappa shape index (κ3) is 10.1. The van der Waals surface area contributed by atoms with Crippen molar-refractivity contribution >= 4 is 29.4 Å². The van der Waals surface area contributed by atoms with Gasteiger partial charge in [-0.3, -0.25) is 24.0 Å². The Balaban J connectivity index is 1.63. The fourth-order valence-corrected chi connectivity index (χ4v) is 4.54. The molecule has 0 aliphatic carbocycles. The molecule has 3 N–H and O–H groups in total. The fraction of sp³-hybridized carbons (Fsp3) is 0.324. The molecule has 0 bridgehead atoms. The molecule has 10 nitrogen and oxygen atoms in total. The van der Waals surface area contributed by atoms with Crippen molar-refractivity contribution in [2.24, 2.45) is 5.92 Å². The SMILES string of the molecule is COc1ccc(C(C)=O)cc1CC(=O)N[C@H](C(=O)NC(CC(=O)O)C(=O)COc1ccc(Cc2ccccc2)cc1)C(C)C. The van der Waals surface area contributed by atoms with Crippen LogP contribution in [0.2, 0.25) is 0 Å². The lowest BCUT2D eigenvalue weighted by molar-refractivity contribution is -0.141. The van der Waals surface area contributed by atoms with E-state index in [0.29, 0.717) is 22.6 Å². The quantitative estimate of drug-likeness (QED) is 0.210. The maximum Gasteiger partial charge on any atom is 0.305 e. The van der Waals surface area contributed by atoms with Crippen LogP contribution in [0.5, 0.6) is 11.5 Å². The van der Waals surface area contributed by atoms with E-state index in [2.05, 4.69) is 10.6 Å². The van der Waals surface area contributed by atoms with Gasteiger partial charge in [-0.25, -0.2) is 0 Å². The third-order valence-electron chi connectivity index (χ3n) is 6.94. The molecular weight excluding hydrogens is 564 g/mol. The largest absolute Gasteiger partial charge is 0.496 e. The van der Waals surface area contributed by atoms with E-state index in [-0.39, 0.29) is 12.2 Å². The number of carbonyl (C=O) groups is 5. The predicted molar refractivity (Wildman–Crippen MR) is 164 cm³/mol. The Kier molecular flexibility index (Phi) is 12.2. The molecule has 2 amide bonds. The van der Waals surface area contributed by atoms with Crippen molar-refractivity contribution in [3.63, 3.8) is 0 Å². The molecule has 1 unspecified atom stereocenters. The maximum atomic E-state index is 13.2. The Morgan fingerprint density at radius 2 is 1.52 bits per heavy atom. The lowest BCUT2D eigenvalue weighted by Crippen LogP contribution is -2.54. The van der Waals surface area contributed by atoms with Gasteiger partial charge in [0.2, 0.25) is 11.8 Å². The smallest absolute Gasteiger partial charge is 0.305 e. The first-order valence-electron chi connectivity index (χ1n) is 14.2. The Morgan fingerprint density at radius 3 is 2.11 bits per heavy atom. The van der Waals surface area contributed by atoms with Crippen molar-refractivity contribution in [2.75, 3.05) is 13.7 Å². The molecule has 0 aliphatic rings. The Bertz CT molecular complexity index is 1470. The summed E-state index contributed by atoms with van der Waals surface area (Å²) in [6, 6.07) is 19.5. The molecule has 3 rings (SSSR count). The number of rotatable bonds is 16. The summed E-state index contributed by atoms with van der Waals surface area (Å²) in [5.74, 6) is -2.87. The minimum atomic E-state index is -1.37. The van der Waals surface area contributed by atoms with Gasteiger partial charge in [-0.2, -0.15) is 0 Å². The molecule has 232 valence electrons. The van der Waals surface area contributed by atoms with Crippen LogP contribution >= 0.6 is 0 Å². The highest BCUT2D eigenvalue weighted by molar-refractivity contribution is 5.96. The van der Waals surface area contributed by atoms with E-state index in [0.717, 1.165) is 17.5 Å². The number of amides is 2. The van der Waals surface area contributed by atoms with Gasteiger partial charge >= 0.3 is 5.97 Å². The topological polar surface area (TPSA) is 148 Å². The van der Waals surface area contributed by atoms with Gasteiger partial charge in [-0.15, -0.1) is 0 Å². The van der Waals surface area contributed by atoms with Crippen LogP contribution in [0.15, 0.2) is 72.8 Å². The van der Waals surface area contributed by atoms with Crippen molar-refractivity contribution in [3.05, 3.63) is 95.1 Å². The summed E-state index contributed by atoms with van der Waals surface area (Å²) in [5.41, 5.74) is 3.08. The fourth-order valence-electron chi connectivity index (χ4n) is 4.54. The Labute approximate surface area is 256 Å². The molecule has 10 heteroatoms. The molecule has 0 heterocycles. The van der Waals surface area contributed by atoms with Gasteiger partial charge in [0, 0.05) is 11.1 Å². The van der Waals surface area contributed by atoms with Crippen LogP contribution in [0.3, 0.4) is 0 Å². The standard InChI is InChI=1S/C34H38N2O8/c1-21(2)33(36-31(39)18-26-17-25(22(3)37)12-15-30(26)43-4)34(42)35-28(19-32(40)41)29(38)20-44-27-13-10-24(11-14-27)16-23-8-6-5-7-9-23/h5-15,17,21,28,33H,16,18-20H2,1-4H3,(H,35,42)(H,36,39)(H,40,41)/t28?,33-/m0/s1. The Morgan fingerprint density at radius 1 is 0.864 bits per heavy atom. The van der Waals surface area contributed by atoms with Gasteiger partial charge < -0.3 is 25.2 Å². The number of carboxylic acids is 1. The minimum absolute atomic E-state index is 0.170. The molecule has 3 aromatic carbocycles. The maximum absolute atomic E-state index is 13.2. The summed E-state index contributed by atoms with van der Waals surface area (Å²) in [4.78, 5) is 62.5. The molecule has 0 saturated heterocycles. The predicted octanol–water partition coefficient (Wildman–Crippen LogP) is 3.78. The highest BCUT2D eigenvalue weighted by Gasteiger charge is 2.30. The zero-order chi connectivity index (χ0) is 32.2. The van der Waals surface area contributed by atoms with E-state index in [4.69, 9.17) is 9.47 Å². The first-order chi connectivity index (χ1) is 21.0. The van der Waals surface area contributed by atoms with Gasteiger partial charge in [0.15, 0.2) is 11.6 Å². The molecule has 0 aliphatic heterocycles. The van der Waals surface area contributed by atoms with Crippen LogP contribution in [0.1, 0.15) is 54.2 Å². The monoisotopic (exact) mass is 602 g/mol. The van der Waals surface area contributed by atoms with Gasteiger partial charge in [0.05, 0.1) is 20.0 Å². The minimum Gasteiger partial charge on any atom is -0.496 e. The average Bonchev–Trinajstić information content (AvgIpc) is 2.99. The van der Waals surface area contributed by atoms with E-state index < -0.39 is 54.6 Å². The van der Waals surface area contributed by atoms with Crippen molar-refractivity contribution in [1.82, 2.24) is 10.6 Å². The highest BCUT2D eigenvalue weighted by atomic mass is 16.5. The second-order valence-electron chi connectivity index (χ2n) is 10.8. The first kappa shape index (κ1) is 33.5. The van der Waals surface area contributed by atoms with Crippen LogP contribution in [0.25, 0.3) is 0 Å². The van der Waals surface area contributed by atoms with Crippen molar-refractivity contribution in [3.8, 4) is 11.5 Å². The number of hydrogen-bond acceptors (Lipinski definition) is 7. The van der Waals surface area contributed by atoms with E-state index in [1.807, 2.05) is 42.5 Å². The Hall–Kier alpha value is -4.99. The number of aliphatic carboxylic acids is 1. The zero-order valence-electron chi connectivity index (χ0n) is 25.3. The van der Waals surface area contributed by atoms with Crippen molar-refractivity contribution in [1.29, 1.82) is 0 Å². The molecular formula is C34H38N2O8. The van der Waals surface area contributed by atoms with Crippen LogP contribution in [-0.2, 0) is 32.0 Å². The molecule has 3 aromatic rings. The number of carboxylic acid groups (broad SMARTS) is 1. The summed E-state index contributed by atoms with van der Waals surface area (Å²) in [7, 11) is 1.44. The van der Waals surface area contributed by atoms with Crippen LogP contribution in [-0.4, -0.2) is 60.3 Å². The number of Topliss-reactive ketones (excluding diaryl/α,β-unsaturated/α-hetero) is 2. The second-order valence-corrected chi connectivity index (χ2v) is 10.8. The number of nitrogens with one attached hydrogen (secondary N) is 2. The molecule has 0 fully saturated rings. The average molecular weight is 603 g/mol. The molecule has 44 heavy (non-hydrogen) atoms. The molecule has 0 radical (unpaired) electrons. The van der Waals surface area contributed by atoms with Crippen LogP contribution in [0, 0.1) is 5.92 Å². The summed E-state index contributed by atoms with van der Waals surface area (Å²) in [5, 5.41) is 14.5. The molecule has 0 saturated carbocycles. The van der Waals surface area contributed by atoms with Gasteiger partial charge in [-0.1, -0.05) is 56.3 Å². The normalized spacial score (nSPS) is 12.1. The lowest BCUT2D eigenvalue weighted by Gasteiger charge is -2.25. The second kappa shape index (κ2) is 16.0. The van der Waals surface area contributed by atoms with Gasteiger partial charge in [0.1, 0.15) is 30.2 Å². The molecule has 0 aromatic heterocycles. The summed E-state index contributed by atoms with van der Waals surface area (Å²) in [6.45, 7) is 4.37. The first-order valence-corrected chi connectivity index (χ1v) is 14.2. The molecule has 2 atom stereocenters. The van der Waals surface area contributed by atoms with E-state index >= 15 is 0 Å². The number of methoxy groups -OCH3 is 1. The number of benzene rings is 3. The number of carbonyl (C=O) groups excluding carboxylic acids is 4. The summed E-state index contributed by atoms with van der Waals surface area (Å²) >= 11 is 0. The van der Waals surface area contributed by atoms with Gasteiger partial charge in [0.25, 0.3) is 0 Å². The highest BCUT2D eigenvalue weighted by Crippen LogP contribution is 2.21. The molecule has 0 spiro atoms. The number of ether oxygens (including phenoxy) is 2.